The number of alkyl halides is 3. The minimum atomic E-state index is -4.72. The van der Waals surface area contributed by atoms with E-state index in [1.54, 1.807) is 11.8 Å². The van der Waals surface area contributed by atoms with Gasteiger partial charge in [0.25, 0.3) is 0 Å². The van der Waals surface area contributed by atoms with Gasteiger partial charge in [-0.2, -0.15) is 0 Å². The van der Waals surface area contributed by atoms with Gasteiger partial charge < -0.3 is 19.7 Å². The van der Waals surface area contributed by atoms with Crippen LogP contribution < -0.4 is 10.1 Å². The van der Waals surface area contributed by atoms with E-state index in [-0.39, 0.29) is 30.0 Å². The van der Waals surface area contributed by atoms with Gasteiger partial charge in [0.2, 0.25) is 0 Å². The van der Waals surface area contributed by atoms with E-state index in [1.807, 2.05) is 13.8 Å². The Bertz CT molecular complexity index is 553. The number of hydrogen-bond donors (Lipinski definition) is 1. The van der Waals surface area contributed by atoms with E-state index in [0.717, 1.165) is 0 Å². The molecule has 0 saturated carbocycles. The Morgan fingerprint density at radius 2 is 1.79 bits per heavy atom. The van der Waals surface area contributed by atoms with Crippen molar-refractivity contribution < 1.29 is 27.4 Å². The molecule has 1 heterocycles. The number of urea groups is 1. The number of halogens is 3. The lowest BCUT2D eigenvalue weighted by Crippen LogP contribution is -2.52. The molecule has 1 N–H and O–H groups in total. The molecule has 134 valence electrons. The van der Waals surface area contributed by atoms with E-state index >= 15 is 0 Å². The largest absolute Gasteiger partial charge is 0.573 e. The van der Waals surface area contributed by atoms with Crippen molar-refractivity contribution in [1.29, 1.82) is 0 Å². The van der Waals surface area contributed by atoms with Gasteiger partial charge in [-0.1, -0.05) is 12.1 Å². The molecule has 8 heteroatoms. The summed E-state index contributed by atoms with van der Waals surface area (Å²) >= 11 is 0. The third kappa shape index (κ3) is 5.30. The first-order valence-electron chi connectivity index (χ1n) is 7.70. The molecule has 1 aromatic rings. The second-order valence-corrected chi connectivity index (χ2v) is 5.95. The SMILES string of the molecule is C[C@@H]1CN(C(=O)N[C@H](C)c2ccc(OC(F)(F)F)cc2)C[C@H](C)O1. The molecule has 1 aliphatic heterocycles. The first kappa shape index (κ1) is 18.4. The molecule has 1 aliphatic rings. The van der Waals surface area contributed by atoms with Crippen LogP contribution in [0.4, 0.5) is 18.0 Å². The number of nitrogens with one attached hydrogen (secondary N) is 1. The predicted molar refractivity (Wildman–Crippen MR) is 81.7 cm³/mol. The number of rotatable bonds is 3. The van der Waals surface area contributed by atoms with Crippen LogP contribution >= 0.6 is 0 Å². The summed E-state index contributed by atoms with van der Waals surface area (Å²) in [6.45, 7) is 6.57. The van der Waals surface area contributed by atoms with Crippen molar-refractivity contribution in [2.45, 2.75) is 45.4 Å². The number of morpholine rings is 1. The third-order valence-electron chi connectivity index (χ3n) is 3.66. The molecule has 0 spiro atoms. The van der Waals surface area contributed by atoms with Gasteiger partial charge in [0.1, 0.15) is 5.75 Å². The van der Waals surface area contributed by atoms with Gasteiger partial charge in [-0.15, -0.1) is 13.2 Å². The van der Waals surface area contributed by atoms with Crippen molar-refractivity contribution in [3.8, 4) is 5.75 Å². The number of hydrogen-bond acceptors (Lipinski definition) is 3. The lowest BCUT2D eigenvalue weighted by Gasteiger charge is -2.35. The Hall–Kier alpha value is -1.96. The third-order valence-corrected chi connectivity index (χ3v) is 3.66. The van der Waals surface area contributed by atoms with Crippen LogP contribution in [-0.2, 0) is 4.74 Å². The molecular weight excluding hydrogens is 325 g/mol. The van der Waals surface area contributed by atoms with Crippen LogP contribution in [0.15, 0.2) is 24.3 Å². The maximum absolute atomic E-state index is 12.3. The van der Waals surface area contributed by atoms with Crippen LogP contribution in [0.25, 0.3) is 0 Å². The second-order valence-electron chi connectivity index (χ2n) is 5.95. The molecule has 1 fully saturated rings. The van der Waals surface area contributed by atoms with E-state index in [4.69, 9.17) is 4.74 Å². The number of nitrogens with zero attached hydrogens (tertiary/aromatic N) is 1. The predicted octanol–water partition coefficient (Wildman–Crippen LogP) is 3.47. The maximum atomic E-state index is 12.3. The second kappa shape index (κ2) is 7.29. The molecule has 2 amide bonds. The Kier molecular flexibility index (Phi) is 5.58. The zero-order chi connectivity index (χ0) is 17.9. The van der Waals surface area contributed by atoms with Gasteiger partial charge in [-0.3, -0.25) is 0 Å². The smallest absolute Gasteiger partial charge is 0.406 e. The Labute approximate surface area is 138 Å². The van der Waals surface area contributed by atoms with E-state index in [9.17, 15) is 18.0 Å². The maximum Gasteiger partial charge on any atom is 0.573 e. The van der Waals surface area contributed by atoms with Gasteiger partial charge in [-0.05, 0) is 38.5 Å². The zero-order valence-corrected chi connectivity index (χ0v) is 13.8. The first-order valence-corrected chi connectivity index (χ1v) is 7.70. The van der Waals surface area contributed by atoms with E-state index in [2.05, 4.69) is 10.1 Å². The van der Waals surface area contributed by atoms with E-state index in [0.29, 0.717) is 18.7 Å². The Morgan fingerprint density at radius 1 is 1.25 bits per heavy atom. The minimum Gasteiger partial charge on any atom is -0.406 e. The lowest BCUT2D eigenvalue weighted by molar-refractivity contribution is -0.274. The van der Waals surface area contributed by atoms with Crippen molar-refractivity contribution in [2.24, 2.45) is 0 Å². The van der Waals surface area contributed by atoms with Crippen LogP contribution in [-0.4, -0.2) is 42.6 Å². The Balaban J connectivity index is 1.94. The van der Waals surface area contributed by atoms with Gasteiger partial charge in [-0.25, -0.2) is 4.79 Å². The molecule has 0 bridgehead atoms. The lowest BCUT2D eigenvalue weighted by atomic mass is 10.1. The summed E-state index contributed by atoms with van der Waals surface area (Å²) in [5.74, 6) is -0.291. The molecule has 0 unspecified atom stereocenters. The molecule has 1 aromatic carbocycles. The van der Waals surface area contributed by atoms with Crippen LogP contribution in [0.1, 0.15) is 32.4 Å². The average Bonchev–Trinajstić information content (AvgIpc) is 2.45. The summed E-state index contributed by atoms with van der Waals surface area (Å²) in [5, 5.41) is 2.84. The summed E-state index contributed by atoms with van der Waals surface area (Å²) in [7, 11) is 0. The fourth-order valence-corrected chi connectivity index (χ4v) is 2.66. The summed E-state index contributed by atoms with van der Waals surface area (Å²) in [6, 6.07) is 4.88. The summed E-state index contributed by atoms with van der Waals surface area (Å²) in [6.07, 6.45) is -4.78. The number of amides is 2. The molecule has 0 radical (unpaired) electrons. The number of ether oxygens (including phenoxy) is 2. The highest BCUT2D eigenvalue weighted by Gasteiger charge is 2.31. The Morgan fingerprint density at radius 3 is 2.29 bits per heavy atom. The highest BCUT2D eigenvalue weighted by molar-refractivity contribution is 5.74. The van der Waals surface area contributed by atoms with Crippen molar-refractivity contribution in [3.05, 3.63) is 29.8 Å². The van der Waals surface area contributed by atoms with Crippen LogP contribution in [0.2, 0.25) is 0 Å². The topological polar surface area (TPSA) is 50.8 Å². The number of carbonyl (C=O) groups excluding carboxylic acids is 1. The van der Waals surface area contributed by atoms with E-state index in [1.165, 1.54) is 24.3 Å². The van der Waals surface area contributed by atoms with Gasteiger partial charge in [0, 0.05) is 13.1 Å². The molecule has 1 saturated heterocycles. The minimum absolute atomic E-state index is 0.0337. The molecule has 5 nitrogen and oxygen atoms in total. The van der Waals surface area contributed by atoms with Crippen LogP contribution in [0.3, 0.4) is 0 Å². The van der Waals surface area contributed by atoms with Crippen molar-refractivity contribution >= 4 is 6.03 Å². The highest BCUT2D eigenvalue weighted by Crippen LogP contribution is 2.24. The van der Waals surface area contributed by atoms with Crippen molar-refractivity contribution in [1.82, 2.24) is 10.2 Å². The van der Waals surface area contributed by atoms with Crippen molar-refractivity contribution in [2.75, 3.05) is 13.1 Å². The summed E-state index contributed by atoms with van der Waals surface area (Å²) in [4.78, 5) is 14.0. The molecule has 0 aromatic heterocycles. The molecular formula is C16H21F3N2O3. The fraction of sp³-hybridized carbons (Fsp3) is 0.562. The molecule has 3 atom stereocenters. The summed E-state index contributed by atoms with van der Waals surface area (Å²) in [5.41, 5.74) is 0.687. The fourth-order valence-electron chi connectivity index (χ4n) is 2.66. The average molecular weight is 346 g/mol. The van der Waals surface area contributed by atoms with Crippen LogP contribution in [0.5, 0.6) is 5.75 Å². The monoisotopic (exact) mass is 346 g/mol. The standard InChI is InChI=1S/C16H21F3N2O3/c1-10-8-21(9-11(2)23-10)15(22)20-12(3)13-4-6-14(7-5-13)24-16(17,18)19/h4-7,10-12H,8-9H2,1-3H3,(H,20,22)/t10-,11+,12-/m1/s1. The van der Waals surface area contributed by atoms with E-state index < -0.39 is 6.36 Å². The molecule has 2 rings (SSSR count). The first-order chi connectivity index (χ1) is 11.1. The quantitative estimate of drug-likeness (QED) is 0.912. The molecule has 0 aliphatic carbocycles. The normalized spacial score (nSPS) is 22.8. The molecule has 24 heavy (non-hydrogen) atoms. The highest BCUT2D eigenvalue weighted by atomic mass is 19.4. The van der Waals surface area contributed by atoms with Crippen molar-refractivity contribution in [3.63, 3.8) is 0 Å². The van der Waals surface area contributed by atoms with Gasteiger partial charge >= 0.3 is 12.4 Å². The van der Waals surface area contributed by atoms with Gasteiger partial charge in [0.15, 0.2) is 0 Å². The zero-order valence-electron chi connectivity index (χ0n) is 13.8. The number of carbonyl (C=O) groups is 1. The van der Waals surface area contributed by atoms with Crippen LogP contribution in [0, 0.1) is 0 Å². The van der Waals surface area contributed by atoms with Gasteiger partial charge in [0.05, 0.1) is 18.2 Å². The number of benzene rings is 1. The summed E-state index contributed by atoms with van der Waals surface area (Å²) < 4.78 is 45.8.